The van der Waals surface area contributed by atoms with Gasteiger partial charge in [0.15, 0.2) is 0 Å². The summed E-state index contributed by atoms with van der Waals surface area (Å²) in [6, 6.07) is 15.0. The van der Waals surface area contributed by atoms with E-state index in [1.807, 2.05) is 48.5 Å². The number of benzene rings is 2. The number of thioether (sulfide) groups is 1. The Hall–Kier alpha value is -2.88. The molecule has 9 heteroatoms. The molecule has 0 bridgehead atoms. The quantitative estimate of drug-likeness (QED) is 0.551. The highest BCUT2D eigenvalue weighted by Crippen LogP contribution is 2.36. The van der Waals surface area contributed by atoms with Gasteiger partial charge in [-0.05, 0) is 29.8 Å². The summed E-state index contributed by atoms with van der Waals surface area (Å²) in [5, 5.41) is 8.20. The van der Waals surface area contributed by atoms with Gasteiger partial charge in [-0.15, -0.1) is 11.8 Å². The van der Waals surface area contributed by atoms with Crippen LogP contribution in [0.25, 0.3) is 0 Å². The number of rotatable bonds is 8. The van der Waals surface area contributed by atoms with Crippen LogP contribution in [0.3, 0.4) is 0 Å². The fourth-order valence-electron chi connectivity index (χ4n) is 3.74. The number of hydrogen-bond donors (Lipinski definition) is 3. The van der Waals surface area contributed by atoms with E-state index in [0.29, 0.717) is 38.4 Å². The van der Waals surface area contributed by atoms with Crippen molar-refractivity contribution in [3.63, 3.8) is 0 Å². The lowest BCUT2D eigenvalue weighted by molar-refractivity contribution is -0.124. The van der Waals surface area contributed by atoms with Crippen LogP contribution < -0.4 is 16.0 Å². The molecule has 3 amide bonds. The Balaban J connectivity index is 1.22. The molecule has 2 aromatic rings. The fraction of sp³-hybridized carbons (Fsp3) is 0.375. The van der Waals surface area contributed by atoms with E-state index in [-0.39, 0.29) is 24.1 Å². The van der Waals surface area contributed by atoms with Crippen LogP contribution in [0.5, 0.6) is 0 Å². The largest absolute Gasteiger partial charge is 0.379 e. The number of hydrogen-bond acceptors (Lipinski definition) is 6. The molecule has 8 nitrogen and oxygen atoms in total. The molecule has 174 valence electrons. The lowest BCUT2D eigenvalue weighted by Crippen LogP contribution is -2.38. The molecule has 1 fully saturated rings. The van der Waals surface area contributed by atoms with Gasteiger partial charge in [-0.1, -0.05) is 24.3 Å². The third-order valence-corrected chi connectivity index (χ3v) is 6.81. The van der Waals surface area contributed by atoms with E-state index in [9.17, 15) is 14.4 Å². The van der Waals surface area contributed by atoms with Crippen LogP contribution in [0.15, 0.2) is 53.4 Å². The second-order valence-corrected chi connectivity index (χ2v) is 9.27. The fourth-order valence-corrected chi connectivity index (χ4v) is 4.85. The van der Waals surface area contributed by atoms with E-state index in [1.165, 1.54) is 11.8 Å². The highest BCUT2D eigenvalue weighted by Gasteiger charge is 2.28. The van der Waals surface area contributed by atoms with Crippen LogP contribution in [-0.4, -0.2) is 60.7 Å². The molecule has 1 saturated heterocycles. The lowest BCUT2D eigenvalue weighted by atomic mass is 10.2. The first-order chi connectivity index (χ1) is 16.1. The standard InChI is InChI=1S/C24H28N4O4S/c29-22(8-9-28-10-12-32-13-11-28)26-18-5-3-4-17(14-18)16-25-23(30)15-21-24(31)27-19-6-1-2-7-20(19)33-21/h1-7,14,21H,8-13,15-16H2,(H,25,30)(H,26,29)(H,27,31). The number of carbonyl (C=O) groups is 3. The monoisotopic (exact) mass is 468 g/mol. The summed E-state index contributed by atoms with van der Waals surface area (Å²) in [6.07, 6.45) is 0.522. The molecule has 0 saturated carbocycles. The number of morpholine rings is 1. The first-order valence-electron chi connectivity index (χ1n) is 11.1. The summed E-state index contributed by atoms with van der Waals surface area (Å²) < 4.78 is 5.32. The topological polar surface area (TPSA) is 99.8 Å². The summed E-state index contributed by atoms with van der Waals surface area (Å²) in [4.78, 5) is 40.2. The number of anilines is 2. The summed E-state index contributed by atoms with van der Waals surface area (Å²) in [6.45, 7) is 4.18. The Morgan fingerprint density at radius 2 is 1.91 bits per heavy atom. The average Bonchev–Trinajstić information content (AvgIpc) is 2.83. The van der Waals surface area contributed by atoms with E-state index in [4.69, 9.17) is 4.74 Å². The van der Waals surface area contributed by atoms with Crippen molar-refractivity contribution in [3.05, 3.63) is 54.1 Å². The average molecular weight is 469 g/mol. The molecule has 2 aromatic carbocycles. The zero-order valence-electron chi connectivity index (χ0n) is 18.3. The molecule has 4 rings (SSSR count). The van der Waals surface area contributed by atoms with Gasteiger partial charge >= 0.3 is 0 Å². The number of ether oxygens (including phenoxy) is 1. The van der Waals surface area contributed by atoms with Crippen LogP contribution in [0.1, 0.15) is 18.4 Å². The first kappa shape index (κ1) is 23.3. The Labute approximate surface area is 197 Å². The third kappa shape index (κ3) is 6.80. The zero-order valence-corrected chi connectivity index (χ0v) is 19.2. The second kappa shape index (κ2) is 11.3. The molecule has 0 radical (unpaired) electrons. The maximum Gasteiger partial charge on any atom is 0.238 e. The van der Waals surface area contributed by atoms with Crippen molar-refractivity contribution in [2.75, 3.05) is 43.5 Å². The number of fused-ring (bicyclic) bond motifs is 1. The number of nitrogens with zero attached hydrogens (tertiary/aromatic N) is 1. The Morgan fingerprint density at radius 1 is 1.09 bits per heavy atom. The van der Waals surface area contributed by atoms with Crippen molar-refractivity contribution in [2.24, 2.45) is 0 Å². The third-order valence-electron chi connectivity index (χ3n) is 5.54. The lowest BCUT2D eigenvalue weighted by Gasteiger charge is -2.26. The number of carbonyl (C=O) groups excluding carboxylic acids is 3. The molecule has 0 aromatic heterocycles. The molecule has 2 heterocycles. The normalized spacial score (nSPS) is 18.2. The van der Waals surface area contributed by atoms with Gasteiger partial charge in [0.2, 0.25) is 17.7 Å². The predicted molar refractivity (Wildman–Crippen MR) is 128 cm³/mol. The van der Waals surface area contributed by atoms with E-state index in [0.717, 1.165) is 29.2 Å². The van der Waals surface area contributed by atoms with Gasteiger partial charge in [-0.3, -0.25) is 19.3 Å². The second-order valence-electron chi connectivity index (χ2n) is 8.03. The summed E-state index contributed by atoms with van der Waals surface area (Å²) in [5.74, 6) is -0.388. The van der Waals surface area contributed by atoms with Gasteiger partial charge in [0.25, 0.3) is 0 Å². The van der Waals surface area contributed by atoms with E-state index < -0.39 is 5.25 Å². The first-order valence-corrected chi connectivity index (χ1v) is 12.0. The molecule has 2 aliphatic rings. The van der Waals surface area contributed by atoms with Gasteiger partial charge in [-0.25, -0.2) is 0 Å². The Bertz CT molecular complexity index is 1010. The minimum Gasteiger partial charge on any atom is -0.379 e. The van der Waals surface area contributed by atoms with Crippen LogP contribution in [0, 0.1) is 0 Å². The predicted octanol–water partition coefficient (Wildman–Crippen LogP) is 2.47. The molecule has 33 heavy (non-hydrogen) atoms. The SMILES string of the molecule is O=C(CC1Sc2ccccc2NC1=O)NCc1cccc(NC(=O)CCN2CCOCC2)c1. The summed E-state index contributed by atoms with van der Waals surface area (Å²) >= 11 is 1.41. The highest BCUT2D eigenvalue weighted by molar-refractivity contribution is 8.01. The van der Waals surface area contributed by atoms with Crippen molar-refractivity contribution < 1.29 is 19.1 Å². The molecule has 1 atom stereocenters. The van der Waals surface area contributed by atoms with Crippen LogP contribution >= 0.6 is 11.8 Å². The Morgan fingerprint density at radius 3 is 2.76 bits per heavy atom. The van der Waals surface area contributed by atoms with Crippen molar-refractivity contribution in [1.29, 1.82) is 0 Å². The molecule has 3 N–H and O–H groups in total. The minimum atomic E-state index is -0.461. The molecule has 2 aliphatic heterocycles. The van der Waals surface area contributed by atoms with E-state index in [1.54, 1.807) is 0 Å². The van der Waals surface area contributed by atoms with Crippen LogP contribution in [-0.2, 0) is 25.7 Å². The Kier molecular flexibility index (Phi) is 7.98. The molecular weight excluding hydrogens is 440 g/mol. The molecular formula is C24H28N4O4S. The van der Waals surface area contributed by atoms with Crippen molar-refractivity contribution >= 4 is 40.9 Å². The van der Waals surface area contributed by atoms with Crippen molar-refractivity contribution in [1.82, 2.24) is 10.2 Å². The maximum absolute atomic E-state index is 12.5. The van der Waals surface area contributed by atoms with Crippen LogP contribution in [0.2, 0.25) is 0 Å². The van der Waals surface area contributed by atoms with Crippen LogP contribution in [0.4, 0.5) is 11.4 Å². The van der Waals surface area contributed by atoms with Gasteiger partial charge < -0.3 is 20.7 Å². The van der Waals surface area contributed by atoms with Crippen molar-refractivity contribution in [3.8, 4) is 0 Å². The van der Waals surface area contributed by atoms with Gasteiger partial charge in [0, 0.05) is 49.6 Å². The smallest absolute Gasteiger partial charge is 0.238 e. The molecule has 1 unspecified atom stereocenters. The number of para-hydroxylation sites is 1. The molecule has 0 aliphatic carbocycles. The number of amides is 3. The summed E-state index contributed by atoms with van der Waals surface area (Å²) in [7, 11) is 0. The van der Waals surface area contributed by atoms with Gasteiger partial charge in [-0.2, -0.15) is 0 Å². The summed E-state index contributed by atoms with van der Waals surface area (Å²) in [5.41, 5.74) is 2.36. The van der Waals surface area contributed by atoms with E-state index >= 15 is 0 Å². The van der Waals surface area contributed by atoms with Crippen molar-refractivity contribution in [2.45, 2.75) is 29.5 Å². The number of nitrogens with one attached hydrogen (secondary N) is 3. The zero-order chi connectivity index (χ0) is 23.0. The van der Waals surface area contributed by atoms with Gasteiger partial charge in [0.05, 0.1) is 24.2 Å². The highest BCUT2D eigenvalue weighted by atomic mass is 32.2. The van der Waals surface area contributed by atoms with E-state index in [2.05, 4.69) is 20.9 Å². The minimum absolute atomic E-state index is 0.0386. The molecule has 0 spiro atoms. The maximum atomic E-state index is 12.5. The van der Waals surface area contributed by atoms with Gasteiger partial charge in [0.1, 0.15) is 0 Å².